The molecule has 24 heavy (non-hydrogen) atoms. The Morgan fingerprint density at radius 3 is 2.88 bits per heavy atom. The molecule has 7 nitrogen and oxygen atoms in total. The van der Waals surface area contributed by atoms with Crippen LogP contribution in [0.3, 0.4) is 0 Å². The number of unbranched alkanes of at least 4 members (excludes halogenated alkanes) is 2. The van der Waals surface area contributed by atoms with E-state index >= 15 is 0 Å². The number of H-pyrrole nitrogens is 1. The SMILES string of the molecule is COCCc1nc(N)c2[nH]cc(CCCCCN3CC(O)C3)c2n1. The average Bonchev–Trinajstić information content (AvgIpc) is 2.94. The van der Waals surface area contributed by atoms with Crippen molar-refractivity contribution in [2.45, 2.75) is 38.2 Å². The molecule has 1 saturated heterocycles. The standard InChI is InChI=1S/C17H27N5O2/c1-24-8-6-14-20-15-12(9-19-16(15)17(18)21-14)5-3-2-4-7-22-10-13(23)11-22/h9,13,19,23H,2-8,10-11H2,1H3,(H2,18,20,21). The van der Waals surface area contributed by atoms with Crippen LogP contribution in [-0.4, -0.2) is 64.4 Å². The Balaban J connectivity index is 1.53. The first-order valence-corrected chi connectivity index (χ1v) is 8.69. The number of hydrogen-bond acceptors (Lipinski definition) is 6. The summed E-state index contributed by atoms with van der Waals surface area (Å²) in [6.07, 6.45) is 7.03. The predicted molar refractivity (Wildman–Crippen MR) is 93.9 cm³/mol. The largest absolute Gasteiger partial charge is 0.390 e. The number of aliphatic hydroxyl groups excluding tert-OH is 1. The van der Waals surface area contributed by atoms with Gasteiger partial charge in [0.05, 0.1) is 18.2 Å². The van der Waals surface area contributed by atoms with Gasteiger partial charge >= 0.3 is 0 Å². The molecule has 0 aliphatic carbocycles. The van der Waals surface area contributed by atoms with E-state index in [0.717, 1.165) is 49.3 Å². The zero-order chi connectivity index (χ0) is 16.9. The summed E-state index contributed by atoms with van der Waals surface area (Å²) < 4.78 is 5.09. The molecule has 0 radical (unpaired) electrons. The Morgan fingerprint density at radius 1 is 1.29 bits per heavy atom. The van der Waals surface area contributed by atoms with Gasteiger partial charge in [0.15, 0.2) is 5.82 Å². The number of aromatic nitrogens is 3. The molecule has 1 aliphatic rings. The highest BCUT2D eigenvalue weighted by molar-refractivity contribution is 5.87. The summed E-state index contributed by atoms with van der Waals surface area (Å²) >= 11 is 0. The van der Waals surface area contributed by atoms with Gasteiger partial charge in [-0.1, -0.05) is 6.42 Å². The number of aromatic amines is 1. The minimum atomic E-state index is -0.103. The van der Waals surface area contributed by atoms with Crippen LogP contribution in [0.2, 0.25) is 0 Å². The van der Waals surface area contributed by atoms with Crippen LogP contribution < -0.4 is 5.73 Å². The van der Waals surface area contributed by atoms with Crippen LogP contribution in [0.4, 0.5) is 5.82 Å². The maximum Gasteiger partial charge on any atom is 0.151 e. The number of hydrogen-bond donors (Lipinski definition) is 3. The average molecular weight is 333 g/mol. The van der Waals surface area contributed by atoms with Crippen molar-refractivity contribution >= 4 is 16.9 Å². The van der Waals surface area contributed by atoms with E-state index in [0.29, 0.717) is 18.8 Å². The predicted octanol–water partition coefficient (Wildman–Crippen LogP) is 1.12. The van der Waals surface area contributed by atoms with Crippen LogP contribution in [0.25, 0.3) is 11.0 Å². The fraction of sp³-hybridized carbons (Fsp3) is 0.647. The highest BCUT2D eigenvalue weighted by Crippen LogP contribution is 2.22. The molecule has 132 valence electrons. The third kappa shape index (κ3) is 4.03. The molecule has 0 aromatic carbocycles. The second-order valence-electron chi connectivity index (χ2n) is 6.53. The first-order chi connectivity index (χ1) is 11.7. The quantitative estimate of drug-likeness (QED) is 0.595. The van der Waals surface area contributed by atoms with Crippen LogP contribution in [0.5, 0.6) is 0 Å². The summed E-state index contributed by atoms with van der Waals surface area (Å²) in [4.78, 5) is 14.5. The molecular weight excluding hydrogens is 306 g/mol. The number of β-amino-alcohol motifs (C(OH)–C–C–N with tert-alkyl or cyclic N) is 1. The molecule has 3 rings (SSSR count). The molecule has 0 spiro atoms. The van der Waals surface area contributed by atoms with E-state index in [-0.39, 0.29) is 6.10 Å². The Kier molecular flexibility index (Phi) is 5.65. The van der Waals surface area contributed by atoms with Gasteiger partial charge in [0.2, 0.25) is 0 Å². The molecule has 0 amide bonds. The monoisotopic (exact) mass is 333 g/mol. The normalized spacial score (nSPS) is 15.9. The number of ether oxygens (including phenoxy) is 1. The molecule has 0 unspecified atom stereocenters. The van der Waals surface area contributed by atoms with Gasteiger partial charge in [0, 0.05) is 32.8 Å². The molecular formula is C17H27N5O2. The number of rotatable bonds is 9. The number of nitrogens with two attached hydrogens (primary N) is 1. The van der Waals surface area contributed by atoms with Crippen molar-refractivity contribution in [3.8, 4) is 0 Å². The number of aryl methyl sites for hydroxylation is 1. The molecule has 2 aromatic heterocycles. The Morgan fingerprint density at radius 2 is 2.12 bits per heavy atom. The van der Waals surface area contributed by atoms with Crippen molar-refractivity contribution in [2.75, 3.05) is 39.1 Å². The van der Waals surface area contributed by atoms with Gasteiger partial charge in [0.1, 0.15) is 11.3 Å². The number of likely N-dealkylation sites (tertiary alicyclic amines) is 1. The Labute approximate surface area is 142 Å². The van der Waals surface area contributed by atoms with Gasteiger partial charge in [-0.3, -0.25) is 4.90 Å². The minimum Gasteiger partial charge on any atom is -0.390 e. The maximum absolute atomic E-state index is 9.27. The molecule has 1 aliphatic heterocycles. The third-order valence-electron chi connectivity index (χ3n) is 4.57. The number of nitrogens with one attached hydrogen (secondary N) is 1. The van der Waals surface area contributed by atoms with Gasteiger partial charge in [-0.25, -0.2) is 9.97 Å². The Bertz CT molecular complexity index is 666. The van der Waals surface area contributed by atoms with Crippen molar-refractivity contribution < 1.29 is 9.84 Å². The number of anilines is 1. The molecule has 1 fully saturated rings. The van der Waals surface area contributed by atoms with Crippen molar-refractivity contribution in [1.82, 2.24) is 19.9 Å². The zero-order valence-electron chi connectivity index (χ0n) is 14.3. The molecule has 0 atom stereocenters. The molecule has 0 bridgehead atoms. The van der Waals surface area contributed by atoms with E-state index in [2.05, 4.69) is 19.9 Å². The van der Waals surface area contributed by atoms with E-state index in [1.807, 2.05) is 6.20 Å². The lowest BCUT2D eigenvalue weighted by Gasteiger charge is -2.35. The fourth-order valence-electron chi connectivity index (χ4n) is 3.18. The smallest absolute Gasteiger partial charge is 0.151 e. The number of aliphatic hydroxyl groups is 1. The van der Waals surface area contributed by atoms with Gasteiger partial charge in [0.25, 0.3) is 0 Å². The van der Waals surface area contributed by atoms with Crippen molar-refractivity contribution in [1.29, 1.82) is 0 Å². The second kappa shape index (κ2) is 7.92. The zero-order valence-corrected chi connectivity index (χ0v) is 14.3. The number of nitrogen functional groups attached to an aromatic ring is 1. The molecule has 3 heterocycles. The number of fused-ring (bicyclic) bond motifs is 1. The van der Waals surface area contributed by atoms with Crippen LogP contribution >= 0.6 is 0 Å². The summed E-state index contributed by atoms with van der Waals surface area (Å²) in [6.45, 7) is 3.35. The van der Waals surface area contributed by atoms with Crippen molar-refractivity contribution in [3.63, 3.8) is 0 Å². The summed E-state index contributed by atoms with van der Waals surface area (Å²) in [5.74, 6) is 1.24. The minimum absolute atomic E-state index is 0.103. The van der Waals surface area contributed by atoms with Gasteiger partial charge < -0.3 is 20.6 Å². The van der Waals surface area contributed by atoms with Gasteiger partial charge in [-0.2, -0.15) is 0 Å². The summed E-state index contributed by atoms with van der Waals surface area (Å²) in [7, 11) is 1.67. The van der Waals surface area contributed by atoms with E-state index in [1.54, 1.807) is 7.11 Å². The molecule has 7 heteroatoms. The van der Waals surface area contributed by atoms with Crippen LogP contribution in [0, 0.1) is 0 Å². The summed E-state index contributed by atoms with van der Waals surface area (Å²) in [6, 6.07) is 0. The van der Waals surface area contributed by atoms with Gasteiger partial charge in [-0.05, 0) is 31.4 Å². The van der Waals surface area contributed by atoms with E-state index < -0.39 is 0 Å². The summed E-state index contributed by atoms with van der Waals surface area (Å²) in [5.41, 5.74) is 9.02. The van der Waals surface area contributed by atoms with E-state index in [4.69, 9.17) is 10.5 Å². The second-order valence-corrected chi connectivity index (χ2v) is 6.53. The van der Waals surface area contributed by atoms with E-state index in [1.165, 1.54) is 18.4 Å². The first kappa shape index (κ1) is 17.1. The van der Waals surface area contributed by atoms with Crippen molar-refractivity contribution in [3.05, 3.63) is 17.6 Å². The van der Waals surface area contributed by atoms with Crippen LogP contribution in [0.1, 0.15) is 30.7 Å². The van der Waals surface area contributed by atoms with E-state index in [9.17, 15) is 5.11 Å². The lowest BCUT2D eigenvalue weighted by Crippen LogP contribution is -2.50. The van der Waals surface area contributed by atoms with Crippen molar-refractivity contribution in [2.24, 2.45) is 0 Å². The number of methoxy groups -OCH3 is 1. The number of nitrogens with zero attached hydrogens (tertiary/aromatic N) is 3. The lowest BCUT2D eigenvalue weighted by molar-refractivity contribution is 0.00149. The highest BCUT2D eigenvalue weighted by atomic mass is 16.5. The first-order valence-electron chi connectivity index (χ1n) is 8.69. The lowest BCUT2D eigenvalue weighted by atomic mass is 10.1. The molecule has 0 saturated carbocycles. The molecule has 4 N–H and O–H groups in total. The van der Waals surface area contributed by atoms with Crippen LogP contribution in [0.15, 0.2) is 6.20 Å². The highest BCUT2D eigenvalue weighted by Gasteiger charge is 2.22. The molecule has 2 aromatic rings. The summed E-state index contributed by atoms with van der Waals surface area (Å²) in [5, 5.41) is 9.27. The fourth-order valence-corrected chi connectivity index (χ4v) is 3.18. The Hall–Kier alpha value is -1.70. The topological polar surface area (TPSA) is 100 Å². The van der Waals surface area contributed by atoms with Crippen LogP contribution in [-0.2, 0) is 17.6 Å². The third-order valence-corrected chi connectivity index (χ3v) is 4.57. The maximum atomic E-state index is 9.27. The van der Waals surface area contributed by atoms with Gasteiger partial charge in [-0.15, -0.1) is 0 Å².